The summed E-state index contributed by atoms with van der Waals surface area (Å²) in [5.74, 6) is -0.890. The summed E-state index contributed by atoms with van der Waals surface area (Å²) in [7, 11) is -4.05. The van der Waals surface area contributed by atoms with Gasteiger partial charge in [0.2, 0.25) is 5.91 Å². The predicted molar refractivity (Wildman–Crippen MR) is 84.7 cm³/mol. The second kappa shape index (κ2) is 6.38. The van der Waals surface area contributed by atoms with E-state index in [1.807, 2.05) is 23.0 Å². The number of hydrogen-bond acceptors (Lipinski definition) is 4. The monoisotopic (exact) mass is 348 g/mol. The molecule has 2 aromatic carbocycles. The zero-order valence-electron chi connectivity index (χ0n) is 12.3. The van der Waals surface area contributed by atoms with Crippen LogP contribution in [0.2, 0.25) is 0 Å². The first-order valence-corrected chi connectivity index (χ1v) is 8.42. The van der Waals surface area contributed by atoms with Gasteiger partial charge in [0.15, 0.2) is 0 Å². The largest absolute Gasteiger partial charge is 0.342 e. The third-order valence-electron chi connectivity index (χ3n) is 3.20. The van der Waals surface area contributed by atoms with Crippen LogP contribution in [0.5, 0.6) is 0 Å². The van der Waals surface area contributed by atoms with Gasteiger partial charge in [-0.3, -0.25) is 10.2 Å². The lowest BCUT2D eigenvalue weighted by Gasteiger charge is -2.07. The van der Waals surface area contributed by atoms with Gasteiger partial charge in [-0.1, -0.05) is 18.2 Å². The van der Waals surface area contributed by atoms with Gasteiger partial charge in [-0.25, -0.2) is 17.8 Å². The van der Waals surface area contributed by atoms with E-state index in [0.29, 0.717) is 11.3 Å². The van der Waals surface area contributed by atoms with Crippen LogP contribution in [0.25, 0.3) is 11.0 Å². The van der Waals surface area contributed by atoms with Crippen LogP contribution >= 0.6 is 0 Å². The second-order valence-electron chi connectivity index (χ2n) is 4.99. The summed E-state index contributed by atoms with van der Waals surface area (Å²) in [5.41, 5.74) is 3.56. The Balaban J connectivity index is 1.64. The number of rotatable bonds is 5. The number of nitrogens with zero attached hydrogens (tertiary/aromatic N) is 1. The molecular formula is C15H13FN4O3S. The molecule has 0 saturated heterocycles. The molecule has 24 heavy (non-hydrogen) atoms. The number of carbonyl (C=O) groups excluding carboxylic acids is 1. The fourth-order valence-corrected chi connectivity index (χ4v) is 2.99. The Morgan fingerprint density at radius 3 is 2.71 bits per heavy atom. The van der Waals surface area contributed by atoms with Gasteiger partial charge in [-0.2, -0.15) is 0 Å². The number of sulfonamides is 1. The van der Waals surface area contributed by atoms with Crippen molar-refractivity contribution in [2.75, 3.05) is 0 Å². The van der Waals surface area contributed by atoms with Crippen LogP contribution in [0, 0.1) is 5.82 Å². The minimum absolute atomic E-state index is 0.139. The van der Waals surface area contributed by atoms with Crippen molar-refractivity contribution in [3.63, 3.8) is 0 Å². The topological polar surface area (TPSA) is 104 Å². The van der Waals surface area contributed by atoms with Crippen LogP contribution in [0.15, 0.2) is 53.4 Å². The number of hydrogen-bond donors (Lipinski definition) is 3. The Kier molecular flexibility index (Phi) is 4.28. The van der Waals surface area contributed by atoms with Crippen LogP contribution in [-0.4, -0.2) is 24.3 Å². The number of para-hydroxylation sites is 2. The summed E-state index contributed by atoms with van der Waals surface area (Å²) in [5, 5.41) is 0. The molecule has 3 N–H and O–H groups in total. The highest BCUT2D eigenvalue weighted by Gasteiger charge is 2.16. The molecule has 7 nitrogen and oxygen atoms in total. The Morgan fingerprint density at radius 2 is 1.96 bits per heavy atom. The van der Waals surface area contributed by atoms with Gasteiger partial charge < -0.3 is 4.98 Å². The summed E-state index contributed by atoms with van der Waals surface area (Å²) >= 11 is 0. The average molecular weight is 348 g/mol. The van der Waals surface area contributed by atoms with E-state index in [-0.39, 0.29) is 11.3 Å². The highest BCUT2D eigenvalue weighted by Crippen LogP contribution is 2.11. The van der Waals surface area contributed by atoms with Crippen molar-refractivity contribution in [1.82, 2.24) is 20.2 Å². The molecule has 124 valence electrons. The highest BCUT2D eigenvalue weighted by atomic mass is 32.2. The molecule has 1 heterocycles. The third kappa shape index (κ3) is 3.58. The molecule has 0 fully saturated rings. The molecule has 0 radical (unpaired) electrons. The molecule has 0 aliphatic carbocycles. The lowest BCUT2D eigenvalue weighted by Crippen LogP contribution is -2.42. The maximum Gasteiger partial charge on any atom is 0.257 e. The third-order valence-corrected chi connectivity index (χ3v) is 4.44. The standard InChI is InChI=1S/C15H13FN4O3S/c16-10-4-3-5-11(8-10)24(22,23)20-19-15(21)9-14-17-12-6-1-2-7-13(12)18-14/h1-8,20H,9H2,(H,17,18)(H,19,21). The van der Waals surface area contributed by atoms with Crippen molar-refractivity contribution >= 4 is 27.0 Å². The number of nitrogens with one attached hydrogen (secondary N) is 3. The average Bonchev–Trinajstić information content (AvgIpc) is 2.95. The van der Waals surface area contributed by atoms with Crippen LogP contribution in [0.3, 0.4) is 0 Å². The van der Waals surface area contributed by atoms with E-state index in [9.17, 15) is 17.6 Å². The van der Waals surface area contributed by atoms with Crippen molar-refractivity contribution in [2.24, 2.45) is 0 Å². The SMILES string of the molecule is O=C(Cc1nc2ccccc2[nH]1)NNS(=O)(=O)c1cccc(F)c1. The van der Waals surface area contributed by atoms with Crippen LogP contribution in [0.1, 0.15) is 5.82 Å². The van der Waals surface area contributed by atoms with E-state index in [2.05, 4.69) is 15.4 Å². The summed E-state index contributed by atoms with van der Waals surface area (Å²) in [6, 6.07) is 11.7. The number of hydrazine groups is 1. The first-order valence-electron chi connectivity index (χ1n) is 6.94. The van der Waals surface area contributed by atoms with Gasteiger partial charge in [-0.05, 0) is 30.3 Å². The number of halogens is 1. The minimum atomic E-state index is -4.05. The van der Waals surface area contributed by atoms with Gasteiger partial charge in [0, 0.05) is 0 Å². The maximum absolute atomic E-state index is 13.1. The van der Waals surface area contributed by atoms with E-state index in [0.717, 1.165) is 17.6 Å². The number of benzene rings is 2. The predicted octanol–water partition coefficient (Wildman–Crippen LogP) is 1.25. The van der Waals surface area contributed by atoms with Crippen molar-refractivity contribution in [2.45, 2.75) is 11.3 Å². The summed E-state index contributed by atoms with van der Waals surface area (Å²) in [6.07, 6.45) is -0.139. The molecule has 3 aromatic rings. The molecule has 0 aliphatic rings. The van der Waals surface area contributed by atoms with Crippen molar-refractivity contribution in [3.05, 3.63) is 60.2 Å². The van der Waals surface area contributed by atoms with Gasteiger partial charge in [-0.15, -0.1) is 4.83 Å². The smallest absolute Gasteiger partial charge is 0.257 e. The fourth-order valence-electron chi connectivity index (χ4n) is 2.10. The lowest BCUT2D eigenvalue weighted by molar-refractivity contribution is -0.121. The highest BCUT2D eigenvalue weighted by molar-refractivity contribution is 7.89. The molecule has 3 rings (SSSR count). The van der Waals surface area contributed by atoms with Crippen LogP contribution in [0.4, 0.5) is 4.39 Å². The Bertz CT molecular complexity index is 968. The number of aromatic amines is 1. The Labute approximate surface area is 136 Å². The van der Waals surface area contributed by atoms with E-state index in [1.165, 1.54) is 12.1 Å². The lowest BCUT2D eigenvalue weighted by atomic mass is 10.3. The van der Waals surface area contributed by atoms with Gasteiger partial charge in [0.1, 0.15) is 11.6 Å². The molecular weight excluding hydrogens is 335 g/mol. The molecule has 0 unspecified atom stereocenters. The molecule has 0 atom stereocenters. The van der Waals surface area contributed by atoms with E-state index in [4.69, 9.17) is 0 Å². The quantitative estimate of drug-likeness (QED) is 0.604. The number of aromatic nitrogens is 2. The van der Waals surface area contributed by atoms with Crippen molar-refractivity contribution < 1.29 is 17.6 Å². The molecule has 1 aromatic heterocycles. The number of imidazole rings is 1. The molecule has 1 amide bonds. The molecule has 0 saturated carbocycles. The zero-order valence-corrected chi connectivity index (χ0v) is 13.1. The first-order chi connectivity index (χ1) is 11.4. The molecule has 9 heteroatoms. The van der Waals surface area contributed by atoms with Crippen molar-refractivity contribution in [1.29, 1.82) is 0 Å². The summed E-state index contributed by atoms with van der Waals surface area (Å²) in [6.45, 7) is 0. The van der Waals surface area contributed by atoms with E-state index >= 15 is 0 Å². The molecule has 0 aliphatic heterocycles. The number of fused-ring (bicyclic) bond motifs is 1. The van der Waals surface area contributed by atoms with Crippen LogP contribution < -0.4 is 10.3 Å². The number of amides is 1. The maximum atomic E-state index is 13.1. The van der Waals surface area contributed by atoms with Gasteiger partial charge in [0.25, 0.3) is 10.0 Å². The Morgan fingerprint density at radius 1 is 1.17 bits per heavy atom. The first kappa shape index (κ1) is 16.1. The van der Waals surface area contributed by atoms with E-state index < -0.39 is 21.7 Å². The number of H-pyrrole nitrogens is 1. The van der Waals surface area contributed by atoms with E-state index in [1.54, 1.807) is 6.07 Å². The zero-order chi connectivity index (χ0) is 17.2. The van der Waals surface area contributed by atoms with Crippen LogP contribution in [-0.2, 0) is 21.2 Å². The normalized spacial score (nSPS) is 11.5. The fraction of sp³-hybridized carbons (Fsp3) is 0.0667. The van der Waals surface area contributed by atoms with Crippen molar-refractivity contribution in [3.8, 4) is 0 Å². The summed E-state index contributed by atoms with van der Waals surface area (Å²) in [4.78, 5) is 20.7. The summed E-state index contributed by atoms with van der Waals surface area (Å²) < 4.78 is 37.0. The number of carbonyl (C=O) groups is 1. The van der Waals surface area contributed by atoms with Gasteiger partial charge in [0.05, 0.1) is 22.3 Å². The molecule has 0 bridgehead atoms. The second-order valence-corrected chi connectivity index (χ2v) is 6.67. The molecule has 0 spiro atoms. The minimum Gasteiger partial charge on any atom is -0.342 e. The Hall–Kier alpha value is -2.78. The van der Waals surface area contributed by atoms with Gasteiger partial charge >= 0.3 is 0 Å².